The van der Waals surface area contributed by atoms with Crippen molar-refractivity contribution >= 4 is 21.6 Å². The summed E-state index contributed by atoms with van der Waals surface area (Å²) in [5.41, 5.74) is 9.15. The zero-order valence-corrected chi connectivity index (χ0v) is 13.4. The molecule has 2 N–H and O–H groups in total. The molecule has 0 aliphatic rings. The maximum Gasteiger partial charge on any atom is 0.118 e. The minimum Gasteiger partial charge on any atom is -0.497 e. The van der Waals surface area contributed by atoms with Crippen LogP contribution in [-0.4, -0.2) is 19.1 Å². The fraction of sp³-hybridized carbons (Fsp3) is 0.250. The topological polar surface area (TPSA) is 38.5 Å². The number of nitrogens with zero attached hydrogens (tertiary/aromatic N) is 1. The van der Waals surface area contributed by atoms with Crippen LogP contribution >= 0.6 is 15.9 Å². The maximum absolute atomic E-state index is 5.90. The summed E-state index contributed by atoms with van der Waals surface area (Å²) in [6.07, 6.45) is 0. The average molecular weight is 335 g/mol. The molecule has 0 aromatic heterocycles. The summed E-state index contributed by atoms with van der Waals surface area (Å²) in [6.45, 7) is 1.75. The standard InChI is InChI=1S/C16H19BrN2O/c1-19(10-12-3-6-14(20-2)7-4-12)11-13-5-8-15(17)16(18)9-13/h3-9H,10-11,18H2,1-2H3. The molecule has 0 spiro atoms. The lowest BCUT2D eigenvalue weighted by atomic mass is 10.1. The third-order valence-electron chi connectivity index (χ3n) is 3.12. The maximum atomic E-state index is 5.90. The molecule has 0 saturated heterocycles. The van der Waals surface area contributed by atoms with E-state index in [0.29, 0.717) is 0 Å². The molecule has 0 radical (unpaired) electrons. The van der Waals surface area contributed by atoms with Crippen LogP contribution in [0, 0.1) is 0 Å². The Morgan fingerprint density at radius 2 is 1.65 bits per heavy atom. The van der Waals surface area contributed by atoms with Gasteiger partial charge in [-0.25, -0.2) is 0 Å². The summed E-state index contributed by atoms with van der Waals surface area (Å²) in [4.78, 5) is 2.25. The number of ether oxygens (including phenoxy) is 1. The van der Waals surface area contributed by atoms with Gasteiger partial charge >= 0.3 is 0 Å². The molecule has 3 nitrogen and oxygen atoms in total. The van der Waals surface area contributed by atoms with Crippen LogP contribution in [0.3, 0.4) is 0 Å². The number of hydrogen-bond acceptors (Lipinski definition) is 3. The van der Waals surface area contributed by atoms with Crippen LogP contribution < -0.4 is 10.5 Å². The molecule has 106 valence electrons. The van der Waals surface area contributed by atoms with Crippen molar-refractivity contribution in [1.29, 1.82) is 0 Å². The van der Waals surface area contributed by atoms with Gasteiger partial charge in [-0.2, -0.15) is 0 Å². The Balaban J connectivity index is 1.97. The second-order valence-corrected chi connectivity index (χ2v) is 5.73. The number of halogens is 1. The first-order chi connectivity index (χ1) is 9.58. The van der Waals surface area contributed by atoms with Crippen LogP contribution in [0.25, 0.3) is 0 Å². The second kappa shape index (κ2) is 6.77. The van der Waals surface area contributed by atoms with Crippen molar-refractivity contribution in [3.8, 4) is 5.75 Å². The Morgan fingerprint density at radius 3 is 2.25 bits per heavy atom. The third kappa shape index (κ3) is 3.99. The summed E-state index contributed by atoms with van der Waals surface area (Å²) in [5, 5.41) is 0. The first-order valence-electron chi connectivity index (χ1n) is 6.44. The molecule has 0 atom stereocenters. The predicted molar refractivity (Wildman–Crippen MR) is 86.7 cm³/mol. The van der Waals surface area contributed by atoms with E-state index >= 15 is 0 Å². The van der Waals surface area contributed by atoms with E-state index in [0.717, 1.165) is 29.0 Å². The summed E-state index contributed by atoms with van der Waals surface area (Å²) in [7, 11) is 3.78. The fourth-order valence-corrected chi connectivity index (χ4v) is 2.35. The third-order valence-corrected chi connectivity index (χ3v) is 3.85. The number of nitrogen functional groups attached to an aromatic ring is 1. The van der Waals surface area contributed by atoms with Gasteiger partial charge in [0.15, 0.2) is 0 Å². The second-order valence-electron chi connectivity index (χ2n) is 4.88. The van der Waals surface area contributed by atoms with Gasteiger partial charge in [-0.15, -0.1) is 0 Å². The molecule has 0 bridgehead atoms. The molecule has 2 aromatic rings. The highest BCUT2D eigenvalue weighted by Gasteiger charge is 2.04. The Bertz CT molecular complexity index is 569. The summed E-state index contributed by atoms with van der Waals surface area (Å²) in [5.74, 6) is 0.886. The van der Waals surface area contributed by atoms with Crippen molar-refractivity contribution in [2.24, 2.45) is 0 Å². The molecule has 0 heterocycles. The average Bonchev–Trinajstić information content (AvgIpc) is 2.44. The highest BCUT2D eigenvalue weighted by atomic mass is 79.9. The van der Waals surface area contributed by atoms with Crippen molar-refractivity contribution in [3.05, 3.63) is 58.1 Å². The number of methoxy groups -OCH3 is 1. The smallest absolute Gasteiger partial charge is 0.118 e. The minimum absolute atomic E-state index is 0.778. The number of anilines is 1. The molecular weight excluding hydrogens is 316 g/mol. The van der Waals surface area contributed by atoms with E-state index < -0.39 is 0 Å². The monoisotopic (exact) mass is 334 g/mol. The minimum atomic E-state index is 0.778. The predicted octanol–water partition coefficient (Wildman–Crippen LogP) is 3.67. The van der Waals surface area contributed by atoms with Crippen molar-refractivity contribution in [2.75, 3.05) is 19.9 Å². The van der Waals surface area contributed by atoms with E-state index in [4.69, 9.17) is 10.5 Å². The quantitative estimate of drug-likeness (QED) is 0.848. The normalized spacial score (nSPS) is 10.8. The number of benzene rings is 2. The molecule has 0 unspecified atom stereocenters. The SMILES string of the molecule is COc1ccc(CN(C)Cc2ccc(Br)c(N)c2)cc1. The number of nitrogens with two attached hydrogens (primary N) is 1. The molecule has 0 aliphatic heterocycles. The molecule has 20 heavy (non-hydrogen) atoms. The molecule has 0 aliphatic carbocycles. The Kier molecular flexibility index (Phi) is 5.04. The van der Waals surface area contributed by atoms with Crippen LogP contribution in [-0.2, 0) is 13.1 Å². The Morgan fingerprint density at radius 1 is 1.05 bits per heavy atom. The molecule has 2 aromatic carbocycles. The van der Waals surface area contributed by atoms with Gasteiger partial charge in [0.2, 0.25) is 0 Å². The van der Waals surface area contributed by atoms with Gasteiger partial charge in [0.1, 0.15) is 5.75 Å². The number of hydrogen-bond donors (Lipinski definition) is 1. The van der Waals surface area contributed by atoms with Gasteiger partial charge in [-0.1, -0.05) is 18.2 Å². The Labute approximate surface area is 128 Å². The molecule has 2 rings (SSSR count). The van der Waals surface area contributed by atoms with Gasteiger partial charge in [0.25, 0.3) is 0 Å². The lowest BCUT2D eigenvalue weighted by molar-refractivity contribution is 0.319. The van der Waals surface area contributed by atoms with Crippen LogP contribution in [0.4, 0.5) is 5.69 Å². The largest absolute Gasteiger partial charge is 0.497 e. The lowest BCUT2D eigenvalue weighted by Gasteiger charge is -2.17. The van der Waals surface area contributed by atoms with Gasteiger partial charge in [0, 0.05) is 23.2 Å². The molecular formula is C16H19BrN2O. The molecule has 0 fully saturated rings. The van der Waals surface area contributed by atoms with Crippen LogP contribution in [0.1, 0.15) is 11.1 Å². The molecule has 0 saturated carbocycles. The lowest BCUT2D eigenvalue weighted by Crippen LogP contribution is -2.17. The summed E-state index contributed by atoms with van der Waals surface area (Å²) < 4.78 is 6.11. The summed E-state index contributed by atoms with van der Waals surface area (Å²) >= 11 is 3.41. The van der Waals surface area contributed by atoms with E-state index in [1.54, 1.807) is 7.11 Å². The highest BCUT2D eigenvalue weighted by Crippen LogP contribution is 2.21. The van der Waals surface area contributed by atoms with Crippen molar-refractivity contribution in [3.63, 3.8) is 0 Å². The zero-order chi connectivity index (χ0) is 14.5. The van der Waals surface area contributed by atoms with E-state index in [1.807, 2.05) is 24.3 Å². The van der Waals surface area contributed by atoms with Crippen LogP contribution in [0.2, 0.25) is 0 Å². The van der Waals surface area contributed by atoms with Gasteiger partial charge in [-0.3, -0.25) is 4.90 Å². The number of rotatable bonds is 5. The summed E-state index contributed by atoms with van der Waals surface area (Å²) in [6, 6.07) is 14.2. The first kappa shape index (κ1) is 14.9. The Hall–Kier alpha value is -1.52. The highest BCUT2D eigenvalue weighted by molar-refractivity contribution is 9.10. The van der Waals surface area contributed by atoms with Crippen molar-refractivity contribution in [2.45, 2.75) is 13.1 Å². The zero-order valence-electron chi connectivity index (χ0n) is 11.8. The van der Waals surface area contributed by atoms with E-state index in [-0.39, 0.29) is 0 Å². The van der Waals surface area contributed by atoms with E-state index in [2.05, 4.69) is 46.1 Å². The molecule has 4 heteroatoms. The van der Waals surface area contributed by atoms with Crippen LogP contribution in [0.15, 0.2) is 46.9 Å². The van der Waals surface area contributed by atoms with Crippen molar-refractivity contribution in [1.82, 2.24) is 4.90 Å². The first-order valence-corrected chi connectivity index (χ1v) is 7.23. The van der Waals surface area contributed by atoms with Gasteiger partial charge < -0.3 is 10.5 Å². The van der Waals surface area contributed by atoms with E-state index in [1.165, 1.54) is 11.1 Å². The van der Waals surface area contributed by atoms with Crippen LogP contribution in [0.5, 0.6) is 5.75 Å². The van der Waals surface area contributed by atoms with Crippen molar-refractivity contribution < 1.29 is 4.74 Å². The van der Waals surface area contributed by atoms with Gasteiger partial charge in [0.05, 0.1) is 7.11 Å². The van der Waals surface area contributed by atoms with Gasteiger partial charge in [-0.05, 0) is 58.4 Å². The molecule has 0 amide bonds. The fourth-order valence-electron chi connectivity index (χ4n) is 2.10. The van der Waals surface area contributed by atoms with E-state index in [9.17, 15) is 0 Å².